The fourth-order valence-electron chi connectivity index (χ4n) is 4.13. The van der Waals surface area contributed by atoms with Crippen molar-refractivity contribution in [2.45, 2.75) is 0 Å². The maximum absolute atomic E-state index is 5.64. The van der Waals surface area contributed by atoms with Gasteiger partial charge < -0.3 is 8.98 Å². The van der Waals surface area contributed by atoms with Gasteiger partial charge in [-0.05, 0) is 53.6 Å². The third-order valence-corrected chi connectivity index (χ3v) is 5.39. The number of furan rings is 1. The molecule has 0 aliphatic carbocycles. The lowest BCUT2D eigenvalue weighted by molar-refractivity contribution is 0.616. The Morgan fingerprint density at radius 3 is 2.43 bits per heavy atom. The lowest BCUT2D eigenvalue weighted by Crippen LogP contribution is -1.93. The molecule has 0 amide bonds. The molecule has 0 saturated carbocycles. The predicted molar refractivity (Wildman–Crippen MR) is 114 cm³/mol. The molecule has 0 atom stereocenters. The van der Waals surface area contributed by atoms with Crippen molar-refractivity contribution in [3.05, 3.63) is 97.5 Å². The number of hydrogen-bond acceptors (Lipinski definition) is 2. The molecule has 132 valence electrons. The average molecular weight is 360 g/mol. The molecular weight excluding hydrogens is 344 g/mol. The van der Waals surface area contributed by atoms with Crippen molar-refractivity contribution in [1.82, 2.24) is 9.55 Å². The first-order chi connectivity index (χ1) is 13.9. The molecule has 3 heteroatoms. The Morgan fingerprint density at radius 1 is 0.679 bits per heavy atom. The number of nitrogens with zero attached hydrogens (tertiary/aromatic N) is 2. The summed E-state index contributed by atoms with van der Waals surface area (Å²) in [7, 11) is 0. The maximum Gasteiger partial charge on any atom is 0.134 e. The van der Waals surface area contributed by atoms with Gasteiger partial charge in [-0.15, -0.1) is 0 Å². The van der Waals surface area contributed by atoms with Crippen LogP contribution >= 0.6 is 0 Å². The van der Waals surface area contributed by atoms with Crippen molar-refractivity contribution in [2.75, 3.05) is 0 Å². The van der Waals surface area contributed by atoms with Crippen LogP contribution in [-0.4, -0.2) is 9.55 Å². The Balaban J connectivity index is 1.63. The van der Waals surface area contributed by atoms with E-state index in [0.29, 0.717) is 0 Å². The SMILES string of the molecule is c1cncc(-c2ccc(-n3c4ccccc4c4c5ccoc5ccc43)cc2)c1. The van der Waals surface area contributed by atoms with Crippen LogP contribution in [0.1, 0.15) is 0 Å². The summed E-state index contributed by atoms with van der Waals surface area (Å²) in [6.45, 7) is 0. The first-order valence-corrected chi connectivity index (χ1v) is 9.30. The summed E-state index contributed by atoms with van der Waals surface area (Å²) in [6.07, 6.45) is 5.45. The van der Waals surface area contributed by atoms with Crippen molar-refractivity contribution in [3.8, 4) is 16.8 Å². The van der Waals surface area contributed by atoms with Gasteiger partial charge in [-0.2, -0.15) is 0 Å². The number of pyridine rings is 1. The lowest BCUT2D eigenvalue weighted by atomic mass is 10.1. The van der Waals surface area contributed by atoms with Crippen LogP contribution in [0.15, 0.2) is 102 Å². The molecule has 0 radical (unpaired) electrons. The Bertz CT molecular complexity index is 1440. The molecule has 6 aromatic rings. The third-order valence-electron chi connectivity index (χ3n) is 5.39. The van der Waals surface area contributed by atoms with E-state index in [4.69, 9.17) is 4.42 Å². The molecular formula is C25H16N2O. The highest BCUT2D eigenvalue weighted by molar-refractivity contribution is 6.20. The van der Waals surface area contributed by atoms with Gasteiger partial charge in [0.05, 0.1) is 17.3 Å². The number of hydrogen-bond donors (Lipinski definition) is 0. The van der Waals surface area contributed by atoms with E-state index in [1.54, 1.807) is 12.5 Å². The number of benzene rings is 3. The number of rotatable bonds is 2. The minimum absolute atomic E-state index is 0.919. The molecule has 0 bridgehead atoms. The van der Waals surface area contributed by atoms with Crippen LogP contribution < -0.4 is 0 Å². The standard InChI is InChI=1S/C25H16N2O/c1-2-6-22-20(5-1)25-21-13-15-28-24(21)12-11-23(25)27(22)19-9-7-17(8-10-19)18-4-3-14-26-16-18/h1-16H. The van der Waals surface area contributed by atoms with Crippen LogP contribution in [0, 0.1) is 0 Å². The van der Waals surface area contributed by atoms with Crippen molar-refractivity contribution in [2.24, 2.45) is 0 Å². The quantitative estimate of drug-likeness (QED) is 0.349. The van der Waals surface area contributed by atoms with Crippen molar-refractivity contribution in [3.63, 3.8) is 0 Å². The van der Waals surface area contributed by atoms with E-state index in [-0.39, 0.29) is 0 Å². The van der Waals surface area contributed by atoms with Crippen LogP contribution in [0.5, 0.6) is 0 Å². The van der Waals surface area contributed by atoms with Crippen LogP contribution in [0.25, 0.3) is 49.6 Å². The minimum atomic E-state index is 0.919. The molecule has 3 aromatic carbocycles. The van der Waals surface area contributed by atoms with Gasteiger partial charge in [0, 0.05) is 34.2 Å². The molecule has 0 aliphatic heterocycles. The summed E-state index contributed by atoms with van der Waals surface area (Å²) >= 11 is 0. The normalized spacial score (nSPS) is 11.6. The predicted octanol–water partition coefficient (Wildman–Crippen LogP) is 6.59. The zero-order chi connectivity index (χ0) is 18.5. The topological polar surface area (TPSA) is 31.0 Å². The Labute approximate surface area is 161 Å². The second kappa shape index (κ2) is 5.83. The zero-order valence-corrected chi connectivity index (χ0v) is 15.0. The fraction of sp³-hybridized carbons (Fsp3) is 0. The molecule has 0 spiro atoms. The van der Waals surface area contributed by atoms with Gasteiger partial charge in [-0.3, -0.25) is 4.98 Å². The van der Waals surface area contributed by atoms with E-state index in [0.717, 1.165) is 27.8 Å². The molecule has 6 rings (SSSR count). The number of para-hydroxylation sites is 1. The van der Waals surface area contributed by atoms with Crippen LogP contribution in [0.4, 0.5) is 0 Å². The molecule has 28 heavy (non-hydrogen) atoms. The third kappa shape index (κ3) is 2.13. The number of aromatic nitrogens is 2. The average Bonchev–Trinajstić information content (AvgIpc) is 3.36. The maximum atomic E-state index is 5.64. The first kappa shape index (κ1) is 15.2. The molecule has 0 N–H and O–H groups in total. The van der Waals surface area contributed by atoms with Crippen LogP contribution in [-0.2, 0) is 0 Å². The second-order valence-electron chi connectivity index (χ2n) is 6.93. The highest BCUT2D eigenvalue weighted by Gasteiger charge is 2.15. The first-order valence-electron chi connectivity index (χ1n) is 9.30. The fourth-order valence-corrected chi connectivity index (χ4v) is 4.13. The summed E-state index contributed by atoms with van der Waals surface area (Å²) in [5.74, 6) is 0. The van der Waals surface area contributed by atoms with Gasteiger partial charge in [0.25, 0.3) is 0 Å². The molecule has 0 aliphatic rings. The van der Waals surface area contributed by atoms with Crippen molar-refractivity contribution >= 4 is 32.8 Å². The monoisotopic (exact) mass is 360 g/mol. The smallest absolute Gasteiger partial charge is 0.134 e. The zero-order valence-electron chi connectivity index (χ0n) is 15.0. The number of fused-ring (bicyclic) bond motifs is 5. The van der Waals surface area contributed by atoms with Crippen LogP contribution in [0.2, 0.25) is 0 Å². The van der Waals surface area contributed by atoms with Crippen LogP contribution in [0.3, 0.4) is 0 Å². The van der Waals surface area contributed by atoms with Crippen molar-refractivity contribution < 1.29 is 4.42 Å². The Hall–Kier alpha value is -3.85. The highest BCUT2D eigenvalue weighted by atomic mass is 16.3. The summed E-state index contributed by atoms with van der Waals surface area (Å²) in [6, 6.07) is 27.5. The van der Waals surface area contributed by atoms with Gasteiger partial charge in [-0.25, -0.2) is 0 Å². The molecule has 3 nitrogen and oxygen atoms in total. The van der Waals surface area contributed by atoms with Gasteiger partial charge in [-0.1, -0.05) is 36.4 Å². The summed E-state index contributed by atoms with van der Waals surface area (Å²) in [5.41, 5.74) is 6.72. The van der Waals surface area contributed by atoms with E-state index in [1.165, 1.54) is 21.8 Å². The van der Waals surface area contributed by atoms with E-state index in [9.17, 15) is 0 Å². The van der Waals surface area contributed by atoms with E-state index in [2.05, 4.69) is 82.3 Å². The van der Waals surface area contributed by atoms with Gasteiger partial charge in [0.15, 0.2) is 0 Å². The van der Waals surface area contributed by atoms with Gasteiger partial charge >= 0.3 is 0 Å². The molecule has 3 heterocycles. The molecule has 3 aromatic heterocycles. The summed E-state index contributed by atoms with van der Waals surface area (Å²) < 4.78 is 7.96. The van der Waals surface area contributed by atoms with E-state index >= 15 is 0 Å². The van der Waals surface area contributed by atoms with Gasteiger partial charge in [0.1, 0.15) is 5.58 Å². The summed E-state index contributed by atoms with van der Waals surface area (Å²) in [5, 5.41) is 3.62. The van der Waals surface area contributed by atoms with E-state index < -0.39 is 0 Å². The molecule has 0 unspecified atom stereocenters. The Kier molecular flexibility index (Phi) is 3.17. The summed E-state index contributed by atoms with van der Waals surface area (Å²) in [4.78, 5) is 4.22. The second-order valence-corrected chi connectivity index (χ2v) is 6.93. The minimum Gasteiger partial charge on any atom is -0.464 e. The largest absolute Gasteiger partial charge is 0.464 e. The molecule has 0 fully saturated rings. The van der Waals surface area contributed by atoms with Crippen molar-refractivity contribution in [1.29, 1.82) is 0 Å². The Morgan fingerprint density at radius 2 is 1.57 bits per heavy atom. The lowest BCUT2D eigenvalue weighted by Gasteiger charge is -2.09. The van der Waals surface area contributed by atoms with Gasteiger partial charge in [0.2, 0.25) is 0 Å². The molecule has 0 saturated heterocycles. The van der Waals surface area contributed by atoms with E-state index in [1.807, 2.05) is 12.3 Å². The highest BCUT2D eigenvalue weighted by Crippen LogP contribution is 2.37.